The Labute approximate surface area is 168 Å². The number of nitrogens with one attached hydrogen (secondary N) is 1. The van der Waals surface area contributed by atoms with E-state index in [1.165, 1.54) is 49.9 Å². The van der Waals surface area contributed by atoms with Crippen LogP contribution in [0.3, 0.4) is 0 Å². The second-order valence-electron chi connectivity index (χ2n) is 8.21. The smallest absolute Gasteiger partial charge is 0.255 e. The second-order valence-corrected chi connectivity index (χ2v) is 8.21. The van der Waals surface area contributed by atoms with Gasteiger partial charge in [0, 0.05) is 23.8 Å². The van der Waals surface area contributed by atoms with E-state index in [1.807, 2.05) is 30.3 Å². The van der Waals surface area contributed by atoms with Crippen molar-refractivity contribution in [2.24, 2.45) is 0 Å². The van der Waals surface area contributed by atoms with Crippen molar-refractivity contribution in [3.8, 4) is 0 Å². The average molecular weight is 378 g/mol. The third kappa shape index (κ3) is 4.62. The summed E-state index contributed by atoms with van der Waals surface area (Å²) in [4.78, 5) is 17.6. The lowest BCUT2D eigenvalue weighted by Crippen LogP contribution is -2.21. The number of anilines is 1. The van der Waals surface area contributed by atoms with Crippen LogP contribution in [0.4, 0.5) is 5.69 Å². The highest BCUT2D eigenvalue weighted by Gasteiger charge is 2.23. The maximum absolute atomic E-state index is 12.7. The Hall–Kier alpha value is -2.17. The van der Waals surface area contributed by atoms with E-state index >= 15 is 0 Å². The fourth-order valence-corrected chi connectivity index (χ4v) is 4.47. The molecule has 148 valence electrons. The molecule has 1 atom stereocenters. The fourth-order valence-electron chi connectivity index (χ4n) is 4.47. The lowest BCUT2D eigenvalue weighted by Gasteiger charge is -2.20. The Morgan fingerprint density at radius 3 is 2.54 bits per heavy atom. The number of carbonyl (C=O) groups excluding carboxylic acids is 1. The van der Waals surface area contributed by atoms with E-state index in [1.54, 1.807) is 0 Å². The van der Waals surface area contributed by atoms with Gasteiger partial charge in [0.05, 0.1) is 0 Å². The van der Waals surface area contributed by atoms with Crippen molar-refractivity contribution in [1.29, 1.82) is 0 Å². The summed E-state index contributed by atoms with van der Waals surface area (Å²) in [5, 5.41) is 3.05. The van der Waals surface area contributed by atoms with Gasteiger partial charge in [0.2, 0.25) is 0 Å². The van der Waals surface area contributed by atoms with Gasteiger partial charge < -0.3 is 10.2 Å². The zero-order chi connectivity index (χ0) is 19.3. The van der Waals surface area contributed by atoms with Gasteiger partial charge in [-0.05, 0) is 94.2 Å². The van der Waals surface area contributed by atoms with E-state index in [0.717, 1.165) is 30.8 Å². The molecule has 2 aliphatic rings. The standard InChI is InChI=1S/C24H31N3O/c1-26-14-5-8-23(26)20-6-4-7-21(18-20)24(28)25-22-11-9-19(10-12-22)13-17-27-15-2-3-16-27/h4,6-7,9-12,18,23H,2-3,5,8,13-17H2,1H3,(H,25,28)/t23-/m1/s1. The molecule has 0 bridgehead atoms. The van der Waals surface area contributed by atoms with Crippen LogP contribution in [0.15, 0.2) is 48.5 Å². The number of nitrogens with zero attached hydrogens (tertiary/aromatic N) is 2. The van der Waals surface area contributed by atoms with E-state index in [2.05, 4.69) is 40.4 Å². The first kappa shape index (κ1) is 19.2. The monoisotopic (exact) mass is 377 g/mol. The van der Waals surface area contributed by atoms with E-state index in [0.29, 0.717) is 6.04 Å². The molecule has 0 unspecified atom stereocenters. The van der Waals surface area contributed by atoms with E-state index in [4.69, 9.17) is 0 Å². The van der Waals surface area contributed by atoms with Crippen molar-refractivity contribution in [2.45, 2.75) is 38.1 Å². The van der Waals surface area contributed by atoms with Gasteiger partial charge in [-0.25, -0.2) is 0 Å². The minimum absolute atomic E-state index is 0.0349. The van der Waals surface area contributed by atoms with Gasteiger partial charge in [-0.2, -0.15) is 0 Å². The van der Waals surface area contributed by atoms with Gasteiger partial charge in [0.15, 0.2) is 0 Å². The predicted molar refractivity (Wildman–Crippen MR) is 115 cm³/mol. The molecule has 0 spiro atoms. The molecule has 2 aromatic rings. The number of hydrogen-bond donors (Lipinski definition) is 1. The van der Waals surface area contributed by atoms with Crippen LogP contribution in [-0.4, -0.2) is 48.9 Å². The molecule has 4 nitrogen and oxygen atoms in total. The molecule has 4 rings (SSSR count). The SMILES string of the molecule is CN1CCC[C@@H]1c1cccc(C(=O)Nc2ccc(CCN3CCCC3)cc2)c1. The zero-order valence-corrected chi connectivity index (χ0v) is 16.9. The molecular formula is C24H31N3O. The first-order chi connectivity index (χ1) is 13.7. The Balaban J connectivity index is 1.35. The van der Waals surface area contributed by atoms with Crippen LogP contribution in [0.5, 0.6) is 0 Å². The van der Waals surface area contributed by atoms with Crippen LogP contribution in [0.2, 0.25) is 0 Å². The third-order valence-electron chi connectivity index (χ3n) is 6.18. The van der Waals surface area contributed by atoms with Crippen molar-refractivity contribution in [3.63, 3.8) is 0 Å². The number of carbonyl (C=O) groups is 1. The van der Waals surface area contributed by atoms with E-state index < -0.39 is 0 Å². The summed E-state index contributed by atoms with van der Waals surface area (Å²) in [7, 11) is 2.16. The summed E-state index contributed by atoms with van der Waals surface area (Å²) in [6.45, 7) is 4.74. The van der Waals surface area contributed by atoms with Gasteiger partial charge in [-0.15, -0.1) is 0 Å². The molecule has 0 aromatic heterocycles. The molecule has 0 saturated carbocycles. The largest absolute Gasteiger partial charge is 0.322 e. The summed E-state index contributed by atoms with van der Waals surface area (Å²) < 4.78 is 0. The van der Waals surface area contributed by atoms with E-state index in [-0.39, 0.29) is 5.91 Å². The van der Waals surface area contributed by atoms with Crippen LogP contribution in [0.25, 0.3) is 0 Å². The van der Waals surface area contributed by atoms with Gasteiger partial charge in [0.1, 0.15) is 0 Å². The molecule has 2 fully saturated rings. The molecule has 2 heterocycles. The molecule has 1 amide bonds. The quantitative estimate of drug-likeness (QED) is 0.813. The van der Waals surface area contributed by atoms with Crippen molar-refractivity contribution in [2.75, 3.05) is 38.5 Å². The van der Waals surface area contributed by atoms with Crippen molar-refractivity contribution >= 4 is 11.6 Å². The van der Waals surface area contributed by atoms with Crippen molar-refractivity contribution in [1.82, 2.24) is 9.80 Å². The molecule has 0 aliphatic carbocycles. The normalized spacial score (nSPS) is 20.5. The van der Waals surface area contributed by atoms with Crippen LogP contribution >= 0.6 is 0 Å². The summed E-state index contributed by atoms with van der Waals surface area (Å²) in [5.41, 5.74) is 4.16. The topological polar surface area (TPSA) is 35.6 Å². The third-order valence-corrected chi connectivity index (χ3v) is 6.18. The highest BCUT2D eigenvalue weighted by Crippen LogP contribution is 2.30. The van der Waals surface area contributed by atoms with Crippen LogP contribution < -0.4 is 5.32 Å². The molecule has 2 aliphatic heterocycles. The van der Waals surface area contributed by atoms with Crippen LogP contribution in [0.1, 0.15) is 53.2 Å². The summed E-state index contributed by atoms with van der Waals surface area (Å²) in [6.07, 6.45) is 6.14. The number of likely N-dealkylation sites (tertiary alicyclic amines) is 2. The van der Waals surface area contributed by atoms with Crippen molar-refractivity contribution < 1.29 is 4.79 Å². The minimum Gasteiger partial charge on any atom is -0.322 e. The number of benzene rings is 2. The number of hydrogen-bond acceptors (Lipinski definition) is 3. The second kappa shape index (κ2) is 8.89. The molecule has 0 radical (unpaired) electrons. The van der Waals surface area contributed by atoms with Crippen LogP contribution in [-0.2, 0) is 6.42 Å². The van der Waals surface area contributed by atoms with Gasteiger partial charge in [-0.3, -0.25) is 9.69 Å². The molecule has 2 aromatic carbocycles. The Morgan fingerprint density at radius 2 is 1.82 bits per heavy atom. The lowest BCUT2D eigenvalue weighted by molar-refractivity contribution is 0.102. The maximum atomic E-state index is 12.7. The highest BCUT2D eigenvalue weighted by atomic mass is 16.1. The van der Waals surface area contributed by atoms with Crippen molar-refractivity contribution in [3.05, 3.63) is 65.2 Å². The zero-order valence-electron chi connectivity index (χ0n) is 16.9. The Morgan fingerprint density at radius 1 is 1.04 bits per heavy atom. The summed E-state index contributed by atoms with van der Waals surface area (Å²) in [6, 6.07) is 16.8. The first-order valence-electron chi connectivity index (χ1n) is 10.6. The molecule has 4 heteroatoms. The predicted octanol–water partition coefficient (Wildman–Crippen LogP) is 4.34. The Kier molecular flexibility index (Phi) is 6.08. The number of amides is 1. The molecule has 2 saturated heterocycles. The van der Waals surface area contributed by atoms with E-state index in [9.17, 15) is 4.79 Å². The average Bonchev–Trinajstić information content (AvgIpc) is 3.39. The number of rotatable bonds is 6. The summed E-state index contributed by atoms with van der Waals surface area (Å²) >= 11 is 0. The van der Waals surface area contributed by atoms with Crippen LogP contribution in [0, 0.1) is 0 Å². The molecule has 28 heavy (non-hydrogen) atoms. The van der Waals surface area contributed by atoms with Gasteiger partial charge >= 0.3 is 0 Å². The van der Waals surface area contributed by atoms with Gasteiger partial charge in [0.25, 0.3) is 5.91 Å². The fraction of sp³-hybridized carbons (Fsp3) is 0.458. The highest BCUT2D eigenvalue weighted by molar-refractivity contribution is 6.04. The molecule has 1 N–H and O–H groups in total. The first-order valence-corrected chi connectivity index (χ1v) is 10.6. The summed E-state index contributed by atoms with van der Waals surface area (Å²) in [5.74, 6) is -0.0349. The minimum atomic E-state index is -0.0349. The van der Waals surface area contributed by atoms with Gasteiger partial charge in [-0.1, -0.05) is 24.3 Å². The molecular weight excluding hydrogens is 346 g/mol. The lowest BCUT2D eigenvalue weighted by atomic mass is 10.0. The Bertz CT molecular complexity index is 796. The maximum Gasteiger partial charge on any atom is 0.255 e.